The zero-order chi connectivity index (χ0) is 22.0. The molecule has 7 nitrogen and oxygen atoms in total. The molecular weight excluding hydrogens is 416 g/mol. The molecule has 1 spiro atoms. The Morgan fingerprint density at radius 2 is 1.84 bits per heavy atom. The molecule has 0 N–H and O–H groups in total. The van der Waals surface area contributed by atoms with Crippen molar-refractivity contribution in [2.75, 3.05) is 18.0 Å². The molecule has 0 saturated carbocycles. The van der Waals surface area contributed by atoms with E-state index < -0.39 is 17.2 Å². The topological polar surface area (TPSA) is 63.0 Å². The Hall–Kier alpha value is -3.07. The molecule has 3 aliphatic rings. The van der Waals surface area contributed by atoms with Gasteiger partial charge in [0.05, 0.1) is 11.7 Å². The number of halogens is 2. The van der Waals surface area contributed by atoms with Crippen molar-refractivity contribution in [1.82, 2.24) is 19.5 Å². The number of aryl methyl sites for hydroxylation is 1. The van der Waals surface area contributed by atoms with Crippen molar-refractivity contribution in [3.05, 3.63) is 59.4 Å². The lowest BCUT2D eigenvalue weighted by Crippen LogP contribution is -2.50. The lowest BCUT2D eigenvalue weighted by Gasteiger charge is -2.38. The van der Waals surface area contributed by atoms with Gasteiger partial charge in [0, 0.05) is 44.3 Å². The lowest BCUT2D eigenvalue weighted by atomic mass is 9.89. The van der Waals surface area contributed by atoms with Gasteiger partial charge in [-0.2, -0.15) is 9.61 Å². The van der Waals surface area contributed by atoms with Gasteiger partial charge in [0.15, 0.2) is 11.2 Å². The van der Waals surface area contributed by atoms with Crippen LogP contribution in [0.4, 0.5) is 14.6 Å². The molecule has 3 saturated heterocycles. The Morgan fingerprint density at radius 1 is 1.09 bits per heavy atom. The van der Waals surface area contributed by atoms with E-state index in [9.17, 15) is 13.6 Å². The van der Waals surface area contributed by atoms with Crippen LogP contribution >= 0.6 is 0 Å². The van der Waals surface area contributed by atoms with Gasteiger partial charge in [-0.15, -0.1) is 0 Å². The maximum Gasteiger partial charge on any atom is 0.257 e. The number of rotatable bonds is 2. The normalized spacial score (nSPS) is 24.7. The van der Waals surface area contributed by atoms with Gasteiger partial charge in [-0.05, 0) is 43.5 Å². The molecule has 0 radical (unpaired) electrons. The zero-order valence-corrected chi connectivity index (χ0v) is 17.7. The third kappa shape index (κ3) is 2.91. The van der Waals surface area contributed by atoms with E-state index in [0.717, 1.165) is 23.2 Å². The first kappa shape index (κ1) is 19.6. The van der Waals surface area contributed by atoms with Gasteiger partial charge < -0.3 is 14.5 Å². The summed E-state index contributed by atoms with van der Waals surface area (Å²) < 4.78 is 35.8. The monoisotopic (exact) mass is 439 g/mol. The van der Waals surface area contributed by atoms with Crippen LogP contribution in [-0.2, 0) is 9.53 Å². The fourth-order valence-corrected chi connectivity index (χ4v) is 5.47. The van der Waals surface area contributed by atoms with Gasteiger partial charge in [-0.25, -0.2) is 13.8 Å². The van der Waals surface area contributed by atoms with E-state index in [-0.39, 0.29) is 18.2 Å². The lowest BCUT2D eigenvalue weighted by molar-refractivity contribution is -0.140. The molecule has 3 fully saturated rings. The highest BCUT2D eigenvalue weighted by atomic mass is 19.1. The standard InChI is InChI=1S/C23H23F2N5O2/c1-14-10-19-26-7-4-20(30(19)27-14)28-8-5-23(6-9-28)22(31)29-18(2-3-21(29)32-23)15-11-16(24)13-17(25)12-15/h4,7,10-13,18,21H,2-3,5-6,8-9H2,1H3/t18-,21+/m0/s1. The fraction of sp³-hybridized carbons (Fsp3) is 0.435. The first-order valence-electron chi connectivity index (χ1n) is 11.0. The van der Waals surface area contributed by atoms with E-state index in [1.807, 2.05) is 23.6 Å². The third-order valence-corrected chi connectivity index (χ3v) is 6.94. The van der Waals surface area contributed by atoms with Crippen LogP contribution in [0.3, 0.4) is 0 Å². The van der Waals surface area contributed by atoms with Crippen LogP contribution < -0.4 is 4.90 Å². The average molecular weight is 439 g/mol. The second-order valence-corrected chi connectivity index (χ2v) is 8.92. The minimum atomic E-state index is -0.877. The maximum absolute atomic E-state index is 13.8. The van der Waals surface area contributed by atoms with Crippen LogP contribution in [-0.4, -0.2) is 50.3 Å². The summed E-state index contributed by atoms with van der Waals surface area (Å²) in [6.45, 7) is 3.22. The van der Waals surface area contributed by atoms with E-state index in [1.165, 1.54) is 12.1 Å². The molecule has 0 unspecified atom stereocenters. The number of carbonyl (C=O) groups is 1. The quantitative estimate of drug-likeness (QED) is 0.613. The van der Waals surface area contributed by atoms with Crippen molar-refractivity contribution in [3.63, 3.8) is 0 Å². The van der Waals surface area contributed by atoms with Gasteiger partial charge in [0.1, 0.15) is 23.7 Å². The van der Waals surface area contributed by atoms with Crippen molar-refractivity contribution in [2.45, 2.75) is 50.5 Å². The first-order valence-corrected chi connectivity index (χ1v) is 11.0. The number of piperidine rings is 1. The molecule has 5 heterocycles. The minimum Gasteiger partial charge on any atom is -0.356 e. The van der Waals surface area contributed by atoms with E-state index >= 15 is 0 Å². The highest BCUT2D eigenvalue weighted by Gasteiger charge is 2.58. The van der Waals surface area contributed by atoms with Crippen LogP contribution in [0.15, 0.2) is 36.5 Å². The zero-order valence-electron chi connectivity index (χ0n) is 17.7. The predicted octanol–water partition coefficient (Wildman–Crippen LogP) is 3.37. The summed E-state index contributed by atoms with van der Waals surface area (Å²) in [6, 6.07) is 6.99. The van der Waals surface area contributed by atoms with E-state index in [0.29, 0.717) is 44.3 Å². The Bertz CT molecular complexity index is 1200. The number of anilines is 1. The van der Waals surface area contributed by atoms with E-state index in [4.69, 9.17) is 4.74 Å². The molecule has 9 heteroatoms. The summed E-state index contributed by atoms with van der Waals surface area (Å²) >= 11 is 0. The van der Waals surface area contributed by atoms with Gasteiger partial charge in [-0.1, -0.05) is 0 Å². The third-order valence-electron chi connectivity index (χ3n) is 6.94. The number of aromatic nitrogens is 3. The maximum atomic E-state index is 13.8. The summed E-state index contributed by atoms with van der Waals surface area (Å²) in [7, 11) is 0. The molecule has 3 aromatic rings. The molecule has 1 amide bonds. The smallest absolute Gasteiger partial charge is 0.257 e. The molecule has 2 atom stereocenters. The van der Waals surface area contributed by atoms with Gasteiger partial charge in [0.2, 0.25) is 0 Å². The largest absolute Gasteiger partial charge is 0.356 e. The molecular formula is C23H23F2N5O2. The van der Waals surface area contributed by atoms with E-state index in [2.05, 4.69) is 15.0 Å². The number of hydrogen-bond donors (Lipinski definition) is 0. The minimum absolute atomic E-state index is 0.0656. The van der Waals surface area contributed by atoms with Crippen LogP contribution in [0.2, 0.25) is 0 Å². The predicted molar refractivity (Wildman–Crippen MR) is 112 cm³/mol. The molecule has 166 valence electrons. The fourth-order valence-electron chi connectivity index (χ4n) is 5.47. The van der Waals surface area contributed by atoms with Crippen LogP contribution in [0, 0.1) is 18.6 Å². The summed E-state index contributed by atoms with van der Waals surface area (Å²) in [5, 5.41) is 4.54. The highest BCUT2D eigenvalue weighted by molar-refractivity contribution is 5.88. The van der Waals surface area contributed by atoms with Crippen molar-refractivity contribution in [1.29, 1.82) is 0 Å². The van der Waals surface area contributed by atoms with Crippen molar-refractivity contribution in [2.24, 2.45) is 0 Å². The molecule has 2 aromatic heterocycles. The number of hydrogen-bond acceptors (Lipinski definition) is 5. The average Bonchev–Trinajstić information content (AvgIpc) is 3.41. The Balaban J connectivity index is 1.23. The summed E-state index contributed by atoms with van der Waals surface area (Å²) in [6.07, 6.45) is 3.82. The van der Waals surface area contributed by atoms with Gasteiger partial charge >= 0.3 is 0 Å². The molecule has 32 heavy (non-hydrogen) atoms. The Morgan fingerprint density at radius 3 is 2.59 bits per heavy atom. The van der Waals surface area contributed by atoms with E-state index in [1.54, 1.807) is 11.1 Å². The molecule has 6 rings (SSSR count). The van der Waals surface area contributed by atoms with Crippen molar-refractivity contribution < 1.29 is 18.3 Å². The molecule has 3 aliphatic heterocycles. The SMILES string of the molecule is Cc1cc2nccc(N3CCC4(CC3)O[C@@H]3CC[C@@H](c5cc(F)cc(F)c5)N3C4=O)n2n1. The van der Waals surface area contributed by atoms with Crippen molar-refractivity contribution >= 4 is 17.4 Å². The molecule has 0 bridgehead atoms. The number of amides is 1. The highest BCUT2D eigenvalue weighted by Crippen LogP contribution is 2.48. The second kappa shape index (κ2) is 6.96. The van der Waals surface area contributed by atoms with Gasteiger partial charge in [-0.3, -0.25) is 4.79 Å². The number of nitrogens with zero attached hydrogens (tertiary/aromatic N) is 5. The van der Waals surface area contributed by atoms with Gasteiger partial charge in [0.25, 0.3) is 5.91 Å². The Labute approximate surface area is 183 Å². The first-order chi connectivity index (χ1) is 15.4. The summed E-state index contributed by atoms with van der Waals surface area (Å²) in [5.41, 5.74) is 1.30. The number of fused-ring (bicyclic) bond motifs is 2. The van der Waals surface area contributed by atoms with Crippen LogP contribution in [0.1, 0.15) is 43.0 Å². The number of ether oxygens (including phenoxy) is 1. The summed E-state index contributed by atoms with van der Waals surface area (Å²) in [4.78, 5) is 21.8. The van der Waals surface area contributed by atoms with Crippen molar-refractivity contribution in [3.8, 4) is 0 Å². The van der Waals surface area contributed by atoms with Crippen LogP contribution in [0.25, 0.3) is 5.65 Å². The second-order valence-electron chi connectivity index (χ2n) is 8.92. The number of carbonyl (C=O) groups excluding carboxylic acids is 1. The number of benzene rings is 1. The Kier molecular flexibility index (Phi) is 4.27. The molecule has 0 aliphatic carbocycles. The van der Waals surface area contributed by atoms with Crippen LogP contribution in [0.5, 0.6) is 0 Å². The summed E-state index contributed by atoms with van der Waals surface area (Å²) in [5.74, 6) is -0.380. The molecule has 1 aromatic carbocycles.